The largest absolute Gasteiger partial charge is 0.494 e. The molecule has 0 spiro atoms. The second kappa shape index (κ2) is 8.95. The Labute approximate surface area is 158 Å². The highest BCUT2D eigenvalue weighted by molar-refractivity contribution is 7.98. The van der Waals surface area contributed by atoms with Crippen LogP contribution in [0.15, 0.2) is 53.4 Å². The average molecular weight is 395 g/mol. The summed E-state index contributed by atoms with van der Waals surface area (Å²) in [5, 5.41) is 2.71. The van der Waals surface area contributed by atoms with Gasteiger partial charge in [0.25, 0.3) is 0 Å². The van der Waals surface area contributed by atoms with Crippen LogP contribution < -0.4 is 14.4 Å². The van der Waals surface area contributed by atoms with Crippen molar-refractivity contribution in [1.29, 1.82) is 0 Å². The number of carbonyl (C=O) groups excluding carboxylic acids is 1. The number of carbonyl (C=O) groups is 1. The van der Waals surface area contributed by atoms with Crippen LogP contribution in [-0.4, -0.2) is 40.0 Å². The number of hydrogen-bond acceptors (Lipinski definition) is 5. The molecule has 0 atom stereocenters. The van der Waals surface area contributed by atoms with Crippen LogP contribution in [0.1, 0.15) is 6.92 Å². The quantitative estimate of drug-likeness (QED) is 0.696. The molecular formula is C18H22N2O4S2. The molecule has 0 fully saturated rings. The fourth-order valence-electron chi connectivity index (χ4n) is 2.30. The summed E-state index contributed by atoms with van der Waals surface area (Å²) in [6, 6.07) is 14.0. The molecule has 0 radical (unpaired) electrons. The average Bonchev–Trinajstić information content (AvgIpc) is 2.60. The molecule has 1 N–H and O–H groups in total. The summed E-state index contributed by atoms with van der Waals surface area (Å²) in [4.78, 5) is 13.3. The lowest BCUT2D eigenvalue weighted by Gasteiger charge is -2.22. The molecule has 140 valence electrons. The van der Waals surface area contributed by atoms with Gasteiger partial charge in [-0.2, -0.15) is 0 Å². The van der Waals surface area contributed by atoms with Gasteiger partial charge in [0.15, 0.2) is 0 Å². The first-order chi connectivity index (χ1) is 12.3. The molecule has 0 aliphatic rings. The number of anilines is 2. The van der Waals surface area contributed by atoms with Crippen molar-refractivity contribution in [3.05, 3.63) is 48.5 Å². The van der Waals surface area contributed by atoms with Gasteiger partial charge in [-0.15, -0.1) is 11.8 Å². The van der Waals surface area contributed by atoms with Gasteiger partial charge in [-0.05, 0) is 55.6 Å². The minimum atomic E-state index is -3.60. The van der Waals surface area contributed by atoms with Gasteiger partial charge in [0.05, 0.1) is 18.6 Å². The Hall–Kier alpha value is -2.19. The van der Waals surface area contributed by atoms with Crippen LogP contribution in [0.4, 0.5) is 11.4 Å². The van der Waals surface area contributed by atoms with E-state index in [1.807, 2.05) is 19.2 Å². The number of rotatable bonds is 8. The fraction of sp³-hybridized carbons (Fsp3) is 0.278. The van der Waals surface area contributed by atoms with Gasteiger partial charge in [-0.3, -0.25) is 9.10 Å². The molecule has 2 rings (SSSR count). The highest BCUT2D eigenvalue weighted by Crippen LogP contribution is 2.24. The molecule has 0 aromatic heterocycles. The molecule has 6 nitrogen and oxygen atoms in total. The van der Waals surface area contributed by atoms with Crippen LogP contribution in [0.3, 0.4) is 0 Å². The van der Waals surface area contributed by atoms with Crippen LogP contribution in [0.5, 0.6) is 5.75 Å². The lowest BCUT2D eigenvalue weighted by molar-refractivity contribution is -0.114. The normalized spacial score (nSPS) is 11.0. The number of thioether (sulfide) groups is 1. The zero-order chi connectivity index (χ0) is 19.2. The van der Waals surface area contributed by atoms with Crippen molar-refractivity contribution >= 4 is 39.1 Å². The van der Waals surface area contributed by atoms with Gasteiger partial charge in [0, 0.05) is 10.6 Å². The Morgan fingerprint density at radius 1 is 1.19 bits per heavy atom. The van der Waals surface area contributed by atoms with E-state index in [9.17, 15) is 13.2 Å². The summed E-state index contributed by atoms with van der Waals surface area (Å²) in [5.74, 6) is 0.284. The molecule has 0 saturated heterocycles. The summed E-state index contributed by atoms with van der Waals surface area (Å²) in [5.41, 5.74) is 1.03. The lowest BCUT2D eigenvalue weighted by atomic mass is 10.3. The summed E-state index contributed by atoms with van der Waals surface area (Å²) < 4.78 is 30.8. The van der Waals surface area contributed by atoms with Crippen LogP contribution in [-0.2, 0) is 14.8 Å². The van der Waals surface area contributed by atoms with Gasteiger partial charge in [-0.25, -0.2) is 8.42 Å². The zero-order valence-corrected chi connectivity index (χ0v) is 16.6. The molecule has 8 heteroatoms. The Balaban J connectivity index is 2.14. The Kier molecular flexibility index (Phi) is 6.93. The van der Waals surface area contributed by atoms with Crippen LogP contribution in [0.25, 0.3) is 0 Å². The minimum absolute atomic E-state index is 0.302. The molecule has 0 bridgehead atoms. The number of benzene rings is 2. The summed E-state index contributed by atoms with van der Waals surface area (Å²) in [6.07, 6.45) is 2.99. The molecule has 1 amide bonds. The number of nitrogens with zero attached hydrogens (tertiary/aromatic N) is 1. The van der Waals surface area contributed by atoms with Crippen molar-refractivity contribution in [3.63, 3.8) is 0 Å². The third kappa shape index (κ3) is 5.67. The van der Waals surface area contributed by atoms with Crippen LogP contribution in [0.2, 0.25) is 0 Å². The van der Waals surface area contributed by atoms with E-state index in [-0.39, 0.29) is 6.54 Å². The number of nitrogens with one attached hydrogen (secondary N) is 1. The zero-order valence-electron chi connectivity index (χ0n) is 14.9. The van der Waals surface area contributed by atoms with Crippen molar-refractivity contribution in [2.24, 2.45) is 0 Å². The first-order valence-electron chi connectivity index (χ1n) is 7.98. The number of sulfonamides is 1. The highest BCUT2D eigenvalue weighted by Gasteiger charge is 2.21. The topological polar surface area (TPSA) is 75.7 Å². The van der Waals surface area contributed by atoms with E-state index in [1.165, 1.54) is 11.8 Å². The van der Waals surface area contributed by atoms with Gasteiger partial charge in [0.2, 0.25) is 15.9 Å². The summed E-state index contributed by atoms with van der Waals surface area (Å²) in [6.45, 7) is 2.15. The molecular weight excluding hydrogens is 372 g/mol. The maximum Gasteiger partial charge on any atom is 0.245 e. The second-order valence-electron chi connectivity index (χ2n) is 5.48. The van der Waals surface area contributed by atoms with E-state index in [1.54, 1.807) is 42.5 Å². The maximum atomic E-state index is 12.4. The lowest BCUT2D eigenvalue weighted by Crippen LogP contribution is -2.37. The maximum absolute atomic E-state index is 12.4. The van der Waals surface area contributed by atoms with E-state index in [0.29, 0.717) is 23.7 Å². The highest BCUT2D eigenvalue weighted by atomic mass is 32.2. The number of ether oxygens (including phenoxy) is 1. The second-order valence-corrected chi connectivity index (χ2v) is 8.26. The van der Waals surface area contributed by atoms with Crippen LogP contribution in [0, 0.1) is 0 Å². The fourth-order valence-corrected chi connectivity index (χ4v) is 3.60. The standard InChI is InChI=1S/C18H22N2O4S2/c1-4-24-16-10-8-14(9-11-16)19-18(21)13-20(26(3,22)23)15-6-5-7-17(12-15)25-2/h5-12H,4,13H2,1-3H3,(H,19,21). The van der Waals surface area contributed by atoms with E-state index in [0.717, 1.165) is 15.5 Å². The van der Waals surface area contributed by atoms with E-state index in [2.05, 4.69) is 5.32 Å². The summed E-state index contributed by atoms with van der Waals surface area (Å²) in [7, 11) is -3.60. The van der Waals surface area contributed by atoms with Crippen LogP contribution >= 0.6 is 11.8 Å². The van der Waals surface area contributed by atoms with E-state index >= 15 is 0 Å². The Morgan fingerprint density at radius 3 is 2.46 bits per heavy atom. The molecule has 0 heterocycles. The SMILES string of the molecule is CCOc1ccc(NC(=O)CN(c2cccc(SC)c2)S(C)(=O)=O)cc1. The van der Waals surface area contributed by atoms with Crippen molar-refractivity contribution in [2.45, 2.75) is 11.8 Å². The van der Waals surface area contributed by atoms with Gasteiger partial charge in [0.1, 0.15) is 12.3 Å². The van der Waals surface area contributed by atoms with Gasteiger partial charge >= 0.3 is 0 Å². The predicted octanol–water partition coefficient (Wildman–Crippen LogP) is 3.21. The van der Waals surface area contributed by atoms with Crippen molar-refractivity contribution in [1.82, 2.24) is 0 Å². The number of hydrogen-bond donors (Lipinski definition) is 1. The number of amides is 1. The monoisotopic (exact) mass is 394 g/mol. The summed E-state index contributed by atoms with van der Waals surface area (Å²) >= 11 is 1.50. The predicted molar refractivity (Wildman–Crippen MR) is 107 cm³/mol. The van der Waals surface area contributed by atoms with Crippen molar-refractivity contribution in [2.75, 3.05) is 35.3 Å². The molecule has 2 aromatic carbocycles. The first kappa shape index (κ1) is 20.1. The molecule has 0 unspecified atom stereocenters. The van der Waals surface area contributed by atoms with Gasteiger partial charge < -0.3 is 10.1 Å². The molecule has 2 aromatic rings. The molecule has 0 aliphatic heterocycles. The Bertz CT molecular complexity index is 852. The van der Waals surface area contributed by atoms with Crippen molar-refractivity contribution in [3.8, 4) is 5.75 Å². The molecule has 0 saturated carbocycles. The van der Waals surface area contributed by atoms with Gasteiger partial charge in [-0.1, -0.05) is 6.07 Å². The third-order valence-corrected chi connectivity index (χ3v) is 5.34. The smallest absolute Gasteiger partial charge is 0.245 e. The van der Waals surface area contributed by atoms with E-state index < -0.39 is 15.9 Å². The first-order valence-corrected chi connectivity index (χ1v) is 11.0. The molecule has 0 aliphatic carbocycles. The van der Waals surface area contributed by atoms with E-state index in [4.69, 9.17) is 4.74 Å². The third-order valence-electron chi connectivity index (χ3n) is 3.48. The van der Waals surface area contributed by atoms with Crippen molar-refractivity contribution < 1.29 is 17.9 Å². The Morgan fingerprint density at radius 2 is 1.88 bits per heavy atom. The minimum Gasteiger partial charge on any atom is -0.494 e. The molecule has 26 heavy (non-hydrogen) atoms.